The van der Waals surface area contributed by atoms with E-state index in [1.54, 1.807) is 26.2 Å². The number of rotatable bonds is 2. The van der Waals surface area contributed by atoms with Gasteiger partial charge in [0, 0.05) is 11.5 Å². The van der Waals surface area contributed by atoms with Crippen molar-refractivity contribution in [3.63, 3.8) is 0 Å². The number of hydrogen-bond acceptors (Lipinski definition) is 3. The van der Waals surface area contributed by atoms with Crippen molar-refractivity contribution in [2.45, 2.75) is 43.4 Å². The Morgan fingerprint density at radius 2 is 2.04 bits per heavy atom. The number of benzene rings is 1. The van der Waals surface area contributed by atoms with Gasteiger partial charge in [-0.05, 0) is 48.9 Å². The topological polar surface area (TPSA) is 63.6 Å². The molecule has 1 aromatic carbocycles. The summed E-state index contributed by atoms with van der Waals surface area (Å²) in [5.74, 6) is -0.433. The van der Waals surface area contributed by atoms with Gasteiger partial charge in [0.1, 0.15) is 5.75 Å². The summed E-state index contributed by atoms with van der Waals surface area (Å²) in [5, 5.41) is 9.85. The molecule has 1 aromatic rings. The number of ether oxygens (including phenoxy) is 1. The van der Waals surface area contributed by atoms with Gasteiger partial charge in [-0.2, -0.15) is 0 Å². The van der Waals surface area contributed by atoms with E-state index in [2.05, 4.69) is 22.9 Å². The van der Waals surface area contributed by atoms with Crippen molar-refractivity contribution >= 4 is 27.7 Å². The van der Waals surface area contributed by atoms with E-state index < -0.39 is 16.2 Å². The number of fused-ring (bicyclic) bond motifs is 3. The molecule has 1 fully saturated rings. The molecule has 2 aliphatic rings. The fourth-order valence-electron chi connectivity index (χ4n) is 4.66. The largest absolute Gasteiger partial charge is 0.497 e. The predicted molar refractivity (Wildman–Crippen MR) is 90.5 cm³/mol. The summed E-state index contributed by atoms with van der Waals surface area (Å²) in [7, 11) is 1.60. The van der Waals surface area contributed by atoms with E-state index in [4.69, 9.17) is 4.74 Å². The number of halogens is 1. The monoisotopic (exact) mass is 380 g/mol. The highest BCUT2D eigenvalue weighted by atomic mass is 79.9. The normalized spacial score (nSPS) is 36.1. The Hall–Kier alpha value is -1.36. The quantitative estimate of drug-likeness (QED) is 0.792. The molecule has 0 amide bonds. The van der Waals surface area contributed by atoms with Crippen LogP contribution in [0.25, 0.3) is 0 Å². The summed E-state index contributed by atoms with van der Waals surface area (Å²) in [6.07, 6.45) is 2.30. The second-order valence-electron chi connectivity index (χ2n) is 7.15. The lowest BCUT2D eigenvalue weighted by Gasteiger charge is -2.54. The Labute approximate surface area is 144 Å². The van der Waals surface area contributed by atoms with Gasteiger partial charge in [0.25, 0.3) is 0 Å². The van der Waals surface area contributed by atoms with Crippen molar-refractivity contribution in [3.05, 3.63) is 29.3 Å². The number of methoxy groups -OCH3 is 1. The summed E-state index contributed by atoms with van der Waals surface area (Å²) in [6.45, 7) is 3.88. The van der Waals surface area contributed by atoms with Crippen LogP contribution in [0, 0.1) is 11.3 Å². The van der Waals surface area contributed by atoms with Gasteiger partial charge in [-0.25, -0.2) is 0 Å². The molecule has 1 N–H and O–H groups in total. The Morgan fingerprint density at radius 1 is 1.35 bits per heavy atom. The molecule has 0 bridgehead atoms. The third-order valence-electron chi connectivity index (χ3n) is 5.90. The fourth-order valence-corrected chi connectivity index (χ4v) is 6.08. The van der Waals surface area contributed by atoms with Gasteiger partial charge in [0.05, 0.1) is 17.4 Å². The van der Waals surface area contributed by atoms with E-state index in [9.17, 15) is 14.7 Å². The maximum absolute atomic E-state index is 12.8. The van der Waals surface area contributed by atoms with Crippen LogP contribution in [-0.4, -0.2) is 28.8 Å². The molecule has 4 nitrogen and oxygen atoms in total. The van der Waals surface area contributed by atoms with Crippen LogP contribution < -0.4 is 4.74 Å². The lowest BCUT2D eigenvalue weighted by molar-refractivity contribution is -0.156. The number of carboxylic acids is 1. The first-order valence-electron chi connectivity index (χ1n) is 7.86. The molecule has 4 atom stereocenters. The van der Waals surface area contributed by atoms with E-state index in [0.29, 0.717) is 17.7 Å². The third kappa shape index (κ3) is 2.16. The van der Waals surface area contributed by atoms with Crippen LogP contribution >= 0.6 is 15.9 Å². The molecular weight excluding hydrogens is 360 g/mol. The molecule has 0 aliphatic heterocycles. The van der Waals surface area contributed by atoms with E-state index in [-0.39, 0.29) is 17.1 Å². The van der Waals surface area contributed by atoms with E-state index >= 15 is 0 Å². The summed E-state index contributed by atoms with van der Waals surface area (Å²) in [4.78, 5) is 24.4. The van der Waals surface area contributed by atoms with Crippen molar-refractivity contribution in [1.29, 1.82) is 0 Å². The first kappa shape index (κ1) is 16.5. The van der Waals surface area contributed by atoms with Gasteiger partial charge in [0.2, 0.25) is 0 Å². The molecule has 23 heavy (non-hydrogen) atoms. The lowest BCUT2D eigenvalue weighted by atomic mass is 9.49. The zero-order chi connectivity index (χ0) is 17.0. The maximum Gasteiger partial charge on any atom is 0.309 e. The second kappa shape index (κ2) is 5.33. The molecule has 4 unspecified atom stereocenters. The smallest absolute Gasteiger partial charge is 0.309 e. The molecule has 3 rings (SSSR count). The molecule has 0 spiro atoms. The molecule has 0 heterocycles. The molecule has 0 radical (unpaired) electrons. The summed E-state index contributed by atoms with van der Waals surface area (Å²) >= 11 is 3.54. The van der Waals surface area contributed by atoms with E-state index in [0.717, 1.165) is 18.4 Å². The van der Waals surface area contributed by atoms with Crippen molar-refractivity contribution in [1.82, 2.24) is 0 Å². The lowest BCUT2D eigenvalue weighted by Crippen LogP contribution is -2.58. The number of alkyl halides is 1. The average Bonchev–Trinajstić information content (AvgIpc) is 2.52. The first-order valence-corrected chi connectivity index (χ1v) is 8.77. The summed E-state index contributed by atoms with van der Waals surface area (Å²) in [6, 6.07) is 5.50. The number of carbonyl (C=O) groups excluding carboxylic acids is 1. The van der Waals surface area contributed by atoms with Gasteiger partial charge < -0.3 is 9.84 Å². The number of carboxylic acid groups (broad SMARTS) is 1. The minimum absolute atomic E-state index is 0.0282. The second-order valence-corrected chi connectivity index (χ2v) is 8.14. The van der Waals surface area contributed by atoms with Crippen LogP contribution in [0.4, 0.5) is 0 Å². The van der Waals surface area contributed by atoms with Crippen molar-refractivity contribution in [3.8, 4) is 5.75 Å². The Morgan fingerprint density at radius 3 is 2.65 bits per heavy atom. The van der Waals surface area contributed by atoms with E-state index in [1.807, 2.05) is 6.07 Å². The number of carbonyl (C=O) groups is 2. The SMILES string of the molecule is COc1ccc2c(c1)C1(C)CCCC(C)(C(=O)O)C1C(Br)C2=O. The third-order valence-corrected chi connectivity index (χ3v) is 6.85. The summed E-state index contributed by atoms with van der Waals surface area (Å²) in [5.41, 5.74) is 0.324. The fraction of sp³-hybridized carbons (Fsp3) is 0.556. The van der Waals surface area contributed by atoms with Crippen LogP contribution in [0.3, 0.4) is 0 Å². The summed E-state index contributed by atoms with van der Waals surface area (Å²) < 4.78 is 5.33. The number of aliphatic carboxylic acids is 1. The molecular formula is C18H21BrO4. The highest BCUT2D eigenvalue weighted by Crippen LogP contribution is 2.59. The molecule has 0 saturated heterocycles. The van der Waals surface area contributed by atoms with Gasteiger partial charge >= 0.3 is 5.97 Å². The van der Waals surface area contributed by atoms with Crippen LogP contribution in [0.2, 0.25) is 0 Å². The van der Waals surface area contributed by atoms with Crippen LogP contribution in [0.15, 0.2) is 18.2 Å². The maximum atomic E-state index is 12.8. The predicted octanol–water partition coefficient (Wildman–Crippen LogP) is 3.80. The molecule has 2 aliphatic carbocycles. The van der Waals surface area contributed by atoms with Crippen molar-refractivity contribution < 1.29 is 19.4 Å². The van der Waals surface area contributed by atoms with Crippen LogP contribution in [0.5, 0.6) is 5.75 Å². The Balaban J connectivity index is 2.25. The number of ketones is 1. The average molecular weight is 381 g/mol. The minimum atomic E-state index is -0.919. The number of hydrogen-bond donors (Lipinski definition) is 1. The molecule has 1 saturated carbocycles. The van der Waals surface area contributed by atoms with Crippen molar-refractivity contribution in [2.75, 3.05) is 7.11 Å². The Kier molecular flexibility index (Phi) is 3.82. The molecule has 0 aromatic heterocycles. The van der Waals surface area contributed by atoms with Crippen molar-refractivity contribution in [2.24, 2.45) is 11.3 Å². The highest BCUT2D eigenvalue weighted by Gasteiger charge is 2.60. The molecule has 124 valence electrons. The highest BCUT2D eigenvalue weighted by molar-refractivity contribution is 9.10. The Bertz CT molecular complexity index is 686. The van der Waals surface area contributed by atoms with Gasteiger partial charge in [-0.3, -0.25) is 9.59 Å². The van der Waals surface area contributed by atoms with Gasteiger partial charge in [-0.1, -0.05) is 29.3 Å². The first-order chi connectivity index (χ1) is 10.8. The van der Waals surface area contributed by atoms with Gasteiger partial charge in [0.15, 0.2) is 5.78 Å². The van der Waals surface area contributed by atoms with Gasteiger partial charge in [-0.15, -0.1) is 0 Å². The van der Waals surface area contributed by atoms with Crippen LogP contribution in [0.1, 0.15) is 49.0 Å². The molecule has 5 heteroatoms. The standard InChI is InChI=1S/C18H21BrO4/c1-17-7-4-8-18(2,16(21)22)15(17)13(19)14(20)11-6-5-10(23-3)9-12(11)17/h5-6,9,13,15H,4,7-8H2,1-3H3,(H,21,22). The minimum Gasteiger partial charge on any atom is -0.497 e. The zero-order valence-electron chi connectivity index (χ0n) is 13.6. The van der Waals surface area contributed by atoms with E-state index in [1.165, 1.54) is 0 Å². The number of Topliss-reactive ketones (excluding diaryl/α,β-unsaturated/α-hetero) is 1. The van der Waals surface area contributed by atoms with Crippen LogP contribution in [-0.2, 0) is 10.2 Å². The zero-order valence-corrected chi connectivity index (χ0v) is 15.1.